The monoisotopic (exact) mass is 405 g/mol. The molecule has 10 heteroatoms. The van der Waals surface area contributed by atoms with Gasteiger partial charge in [-0.25, -0.2) is 24.1 Å². The molecule has 0 unspecified atom stereocenters. The van der Waals surface area contributed by atoms with Crippen molar-refractivity contribution < 1.29 is 23.5 Å². The van der Waals surface area contributed by atoms with E-state index in [1.165, 1.54) is 18.5 Å². The van der Waals surface area contributed by atoms with Crippen LogP contribution in [-0.4, -0.2) is 51.0 Å². The lowest BCUT2D eigenvalue weighted by molar-refractivity contribution is -0.159. The molecule has 29 heavy (non-hydrogen) atoms. The van der Waals surface area contributed by atoms with E-state index in [9.17, 15) is 9.18 Å². The maximum atomic E-state index is 12.9. The first-order valence-electron chi connectivity index (χ1n) is 9.30. The van der Waals surface area contributed by atoms with Crippen molar-refractivity contribution in [3.63, 3.8) is 0 Å². The number of aromatic nitrogens is 3. The maximum absolute atomic E-state index is 12.9. The van der Waals surface area contributed by atoms with Crippen LogP contribution in [-0.2, 0) is 9.57 Å². The Kier molecular flexibility index (Phi) is 6.42. The third-order valence-electron chi connectivity index (χ3n) is 3.91. The summed E-state index contributed by atoms with van der Waals surface area (Å²) in [6, 6.07) is 4.47. The van der Waals surface area contributed by atoms with E-state index in [-0.39, 0.29) is 6.10 Å². The van der Waals surface area contributed by atoms with Crippen LogP contribution in [0, 0.1) is 5.82 Å². The number of ether oxygens (including phenoxy) is 2. The first-order valence-corrected chi connectivity index (χ1v) is 9.30. The third kappa shape index (κ3) is 6.83. The number of piperidine rings is 1. The molecule has 0 spiro atoms. The number of rotatable bonds is 5. The van der Waals surface area contributed by atoms with Crippen molar-refractivity contribution in [1.82, 2.24) is 20.0 Å². The van der Waals surface area contributed by atoms with Crippen LogP contribution in [0.5, 0.6) is 5.88 Å². The number of hydroxylamine groups is 2. The molecule has 1 saturated heterocycles. The molecule has 9 nitrogen and oxygen atoms in total. The zero-order valence-corrected chi connectivity index (χ0v) is 16.6. The Morgan fingerprint density at radius 2 is 1.93 bits per heavy atom. The molecular formula is C19H24FN5O4. The number of nitrogens with one attached hydrogen (secondary N) is 1. The Bertz CT molecular complexity index is 820. The Morgan fingerprint density at radius 3 is 2.59 bits per heavy atom. The summed E-state index contributed by atoms with van der Waals surface area (Å²) in [6.07, 6.45) is 3.04. The number of pyridine rings is 1. The van der Waals surface area contributed by atoms with E-state index in [2.05, 4.69) is 20.3 Å². The van der Waals surface area contributed by atoms with Crippen molar-refractivity contribution in [1.29, 1.82) is 0 Å². The van der Waals surface area contributed by atoms with Gasteiger partial charge in [0, 0.05) is 32.0 Å². The summed E-state index contributed by atoms with van der Waals surface area (Å²) in [6.45, 7) is 6.40. The number of anilines is 2. The van der Waals surface area contributed by atoms with E-state index in [1.54, 1.807) is 31.9 Å². The average molecular weight is 405 g/mol. The van der Waals surface area contributed by atoms with Gasteiger partial charge in [0.25, 0.3) is 0 Å². The van der Waals surface area contributed by atoms with Gasteiger partial charge in [0.05, 0.1) is 6.20 Å². The molecule has 0 saturated carbocycles. The predicted octanol–water partition coefficient (Wildman–Crippen LogP) is 3.46. The first kappa shape index (κ1) is 20.7. The molecular weight excluding hydrogens is 381 g/mol. The highest BCUT2D eigenvalue weighted by Gasteiger charge is 2.26. The molecule has 0 bridgehead atoms. The van der Waals surface area contributed by atoms with Gasteiger partial charge in [0.2, 0.25) is 5.88 Å². The Labute approximate surface area is 168 Å². The summed E-state index contributed by atoms with van der Waals surface area (Å²) in [7, 11) is 0. The minimum absolute atomic E-state index is 0.0693. The van der Waals surface area contributed by atoms with Gasteiger partial charge >= 0.3 is 6.16 Å². The summed E-state index contributed by atoms with van der Waals surface area (Å²) in [5.41, 5.74) is -0.597. The highest BCUT2D eigenvalue weighted by atomic mass is 19.1. The SMILES string of the molecule is CC(C)(C)OC(=O)ON1CCC(Oc2cc(Nc3ccc(F)cn3)ncn2)CC1. The normalized spacial score (nSPS) is 15.6. The quantitative estimate of drug-likeness (QED) is 0.750. The van der Waals surface area contributed by atoms with Crippen molar-refractivity contribution in [2.45, 2.75) is 45.3 Å². The minimum atomic E-state index is -0.710. The largest absolute Gasteiger partial charge is 0.528 e. The molecule has 1 aliphatic heterocycles. The van der Waals surface area contributed by atoms with Gasteiger partial charge in [-0.05, 0) is 32.9 Å². The van der Waals surface area contributed by atoms with Crippen LogP contribution in [0.25, 0.3) is 0 Å². The molecule has 156 valence electrons. The number of nitrogens with zero attached hydrogens (tertiary/aromatic N) is 4. The Morgan fingerprint density at radius 1 is 1.17 bits per heavy atom. The molecule has 0 radical (unpaired) electrons. The molecule has 1 N–H and O–H groups in total. The van der Waals surface area contributed by atoms with Gasteiger partial charge in [0.15, 0.2) is 0 Å². The summed E-state index contributed by atoms with van der Waals surface area (Å²) in [5, 5.41) is 4.54. The summed E-state index contributed by atoms with van der Waals surface area (Å²) < 4.78 is 24.0. The van der Waals surface area contributed by atoms with Crippen LogP contribution in [0.15, 0.2) is 30.7 Å². The van der Waals surface area contributed by atoms with Crippen molar-refractivity contribution >= 4 is 17.8 Å². The highest BCUT2D eigenvalue weighted by Crippen LogP contribution is 2.21. The van der Waals surface area contributed by atoms with Gasteiger partial charge in [-0.1, -0.05) is 0 Å². The second-order valence-electron chi connectivity index (χ2n) is 7.53. The first-order chi connectivity index (χ1) is 13.8. The standard InChI is InChI=1S/C19H24FN5O4/c1-19(2,3)28-18(26)29-25-8-6-14(7-9-25)27-17-10-16(22-12-23-17)24-15-5-4-13(20)11-21-15/h4-5,10-12,14H,6-9H2,1-3H3,(H,21,22,23,24). The third-order valence-corrected chi connectivity index (χ3v) is 3.91. The molecule has 1 fully saturated rings. The molecule has 0 atom stereocenters. The fourth-order valence-corrected chi connectivity index (χ4v) is 2.64. The van der Waals surface area contributed by atoms with E-state index in [1.807, 2.05) is 0 Å². The van der Waals surface area contributed by atoms with Gasteiger partial charge in [-0.2, -0.15) is 0 Å². The van der Waals surface area contributed by atoms with Crippen molar-refractivity contribution in [2.75, 3.05) is 18.4 Å². The lowest BCUT2D eigenvalue weighted by atomic mass is 10.1. The number of carbonyl (C=O) groups is 1. The Hall–Kier alpha value is -3.01. The number of hydrogen-bond donors (Lipinski definition) is 1. The maximum Gasteiger partial charge on any atom is 0.528 e. The van der Waals surface area contributed by atoms with Gasteiger partial charge in [-0.3, -0.25) is 0 Å². The number of halogens is 1. The molecule has 2 aromatic heterocycles. The van der Waals surface area contributed by atoms with Crippen LogP contribution in [0.4, 0.5) is 20.8 Å². The topological polar surface area (TPSA) is 98.7 Å². The molecule has 3 heterocycles. The van der Waals surface area contributed by atoms with Crippen molar-refractivity contribution in [3.8, 4) is 5.88 Å². The highest BCUT2D eigenvalue weighted by molar-refractivity contribution is 5.60. The fraction of sp³-hybridized carbons (Fsp3) is 0.474. The van der Waals surface area contributed by atoms with E-state index >= 15 is 0 Å². The predicted molar refractivity (Wildman–Crippen MR) is 102 cm³/mol. The van der Waals surface area contributed by atoms with Crippen LogP contribution in [0.1, 0.15) is 33.6 Å². The molecule has 3 rings (SSSR count). The van der Waals surface area contributed by atoms with Crippen LogP contribution < -0.4 is 10.1 Å². The molecule has 2 aromatic rings. The van der Waals surface area contributed by atoms with Gasteiger partial charge < -0.3 is 19.6 Å². The van der Waals surface area contributed by atoms with Crippen LogP contribution in [0.3, 0.4) is 0 Å². The summed E-state index contributed by atoms with van der Waals surface area (Å²) in [5.74, 6) is 0.948. The average Bonchev–Trinajstić information content (AvgIpc) is 2.64. The fourth-order valence-electron chi connectivity index (χ4n) is 2.64. The zero-order valence-electron chi connectivity index (χ0n) is 16.6. The van der Waals surface area contributed by atoms with E-state index < -0.39 is 17.6 Å². The summed E-state index contributed by atoms with van der Waals surface area (Å²) >= 11 is 0. The minimum Gasteiger partial charge on any atom is -0.474 e. The zero-order chi connectivity index (χ0) is 20.9. The second-order valence-corrected chi connectivity index (χ2v) is 7.53. The molecule has 1 aliphatic rings. The van der Waals surface area contributed by atoms with Crippen molar-refractivity contribution in [3.05, 3.63) is 36.5 Å². The number of hydrogen-bond acceptors (Lipinski definition) is 9. The summed E-state index contributed by atoms with van der Waals surface area (Å²) in [4.78, 5) is 29.1. The van der Waals surface area contributed by atoms with E-state index in [0.29, 0.717) is 43.4 Å². The molecule has 0 aromatic carbocycles. The van der Waals surface area contributed by atoms with E-state index in [0.717, 1.165) is 6.20 Å². The molecule has 0 amide bonds. The Balaban J connectivity index is 1.48. The molecule has 0 aliphatic carbocycles. The van der Waals surface area contributed by atoms with Crippen LogP contribution in [0.2, 0.25) is 0 Å². The van der Waals surface area contributed by atoms with Gasteiger partial charge in [-0.15, -0.1) is 5.06 Å². The van der Waals surface area contributed by atoms with E-state index in [4.69, 9.17) is 14.3 Å². The smallest absolute Gasteiger partial charge is 0.474 e. The van der Waals surface area contributed by atoms with Crippen molar-refractivity contribution in [2.24, 2.45) is 0 Å². The van der Waals surface area contributed by atoms with Gasteiger partial charge in [0.1, 0.15) is 35.5 Å². The second kappa shape index (κ2) is 8.99. The van der Waals surface area contributed by atoms with Crippen LogP contribution >= 0.6 is 0 Å². The lowest BCUT2D eigenvalue weighted by Crippen LogP contribution is -2.40. The lowest BCUT2D eigenvalue weighted by Gasteiger charge is -2.30. The number of carbonyl (C=O) groups excluding carboxylic acids is 1.